The van der Waals surface area contributed by atoms with Gasteiger partial charge in [-0.2, -0.15) is 0 Å². The molecule has 3 aromatic carbocycles. The van der Waals surface area contributed by atoms with Crippen molar-refractivity contribution in [1.82, 2.24) is 4.98 Å². The van der Waals surface area contributed by atoms with E-state index < -0.39 is 0 Å². The van der Waals surface area contributed by atoms with Crippen LogP contribution in [0.3, 0.4) is 0 Å². The van der Waals surface area contributed by atoms with Gasteiger partial charge in [0.15, 0.2) is 0 Å². The number of benzene rings is 3. The molecule has 1 heterocycles. The van der Waals surface area contributed by atoms with Crippen LogP contribution in [0.2, 0.25) is 0 Å². The molecule has 150 valence electrons. The lowest BCUT2D eigenvalue weighted by atomic mass is 10.0. The van der Waals surface area contributed by atoms with Crippen LogP contribution in [-0.4, -0.2) is 18.0 Å². The average molecular weight is 398 g/mol. The Hall–Kier alpha value is -3.86. The SMILES string of the molecule is COc1ccc(C)cc1NC(=O)c1cc2ccccc2cc1OCc1ccccn1. The minimum atomic E-state index is -0.263. The van der Waals surface area contributed by atoms with Gasteiger partial charge in [-0.25, -0.2) is 0 Å². The maximum absolute atomic E-state index is 13.2. The van der Waals surface area contributed by atoms with Crippen molar-refractivity contribution in [3.05, 3.63) is 95.8 Å². The van der Waals surface area contributed by atoms with Crippen molar-refractivity contribution in [3.63, 3.8) is 0 Å². The Morgan fingerprint density at radius 1 is 0.933 bits per heavy atom. The fourth-order valence-corrected chi connectivity index (χ4v) is 3.26. The second-order valence-electron chi connectivity index (χ2n) is 6.96. The first-order valence-electron chi connectivity index (χ1n) is 9.65. The Kier molecular flexibility index (Phi) is 5.61. The molecule has 5 heteroatoms. The first kappa shape index (κ1) is 19.5. The highest BCUT2D eigenvalue weighted by molar-refractivity contribution is 6.09. The number of aryl methyl sites for hydroxylation is 1. The Balaban J connectivity index is 1.69. The lowest BCUT2D eigenvalue weighted by Crippen LogP contribution is -2.14. The molecule has 1 N–H and O–H groups in total. The molecule has 0 bridgehead atoms. The van der Waals surface area contributed by atoms with Crippen LogP contribution in [0.25, 0.3) is 10.8 Å². The fourth-order valence-electron chi connectivity index (χ4n) is 3.26. The number of nitrogens with one attached hydrogen (secondary N) is 1. The van der Waals surface area contributed by atoms with Crippen LogP contribution in [-0.2, 0) is 6.61 Å². The molecule has 5 nitrogen and oxygen atoms in total. The topological polar surface area (TPSA) is 60.5 Å². The van der Waals surface area contributed by atoms with Gasteiger partial charge in [0.1, 0.15) is 18.1 Å². The standard InChI is InChI=1S/C25H22N2O3/c1-17-10-11-23(29-2)22(13-17)27-25(28)21-14-18-7-3-4-8-19(18)15-24(21)30-16-20-9-5-6-12-26-20/h3-15H,16H2,1-2H3,(H,27,28). The zero-order valence-electron chi connectivity index (χ0n) is 16.9. The Bertz CT molecular complexity index is 1190. The van der Waals surface area contributed by atoms with Crippen molar-refractivity contribution in [1.29, 1.82) is 0 Å². The van der Waals surface area contributed by atoms with Crippen molar-refractivity contribution in [2.45, 2.75) is 13.5 Å². The first-order valence-corrected chi connectivity index (χ1v) is 9.65. The number of carbonyl (C=O) groups excluding carboxylic acids is 1. The second kappa shape index (κ2) is 8.66. The van der Waals surface area contributed by atoms with Crippen LogP contribution >= 0.6 is 0 Å². The molecule has 0 spiro atoms. The van der Waals surface area contributed by atoms with Gasteiger partial charge < -0.3 is 14.8 Å². The highest BCUT2D eigenvalue weighted by atomic mass is 16.5. The van der Waals surface area contributed by atoms with E-state index in [-0.39, 0.29) is 12.5 Å². The molecule has 1 amide bonds. The summed E-state index contributed by atoms with van der Waals surface area (Å²) in [4.78, 5) is 17.5. The van der Waals surface area contributed by atoms with E-state index in [0.717, 1.165) is 22.0 Å². The summed E-state index contributed by atoms with van der Waals surface area (Å²) in [6, 6.07) is 22.9. The summed E-state index contributed by atoms with van der Waals surface area (Å²) in [6.07, 6.45) is 1.72. The van der Waals surface area contributed by atoms with E-state index in [9.17, 15) is 4.79 Å². The minimum Gasteiger partial charge on any atom is -0.495 e. The number of fused-ring (bicyclic) bond motifs is 1. The van der Waals surface area contributed by atoms with E-state index in [0.29, 0.717) is 22.7 Å². The van der Waals surface area contributed by atoms with Crippen LogP contribution < -0.4 is 14.8 Å². The van der Waals surface area contributed by atoms with Crippen molar-refractivity contribution in [3.8, 4) is 11.5 Å². The van der Waals surface area contributed by atoms with Crippen LogP contribution in [0.4, 0.5) is 5.69 Å². The maximum Gasteiger partial charge on any atom is 0.259 e. The summed E-state index contributed by atoms with van der Waals surface area (Å²) in [5.74, 6) is 0.842. The molecule has 4 aromatic rings. The minimum absolute atomic E-state index is 0.263. The van der Waals surface area contributed by atoms with E-state index in [1.165, 1.54) is 0 Å². The van der Waals surface area contributed by atoms with Crippen molar-refractivity contribution in [2.24, 2.45) is 0 Å². The lowest BCUT2D eigenvalue weighted by molar-refractivity contribution is 0.102. The number of aromatic nitrogens is 1. The molecule has 0 saturated heterocycles. The number of rotatable bonds is 6. The van der Waals surface area contributed by atoms with Gasteiger partial charge in [0.2, 0.25) is 0 Å². The number of carbonyl (C=O) groups is 1. The monoisotopic (exact) mass is 398 g/mol. The third-order valence-electron chi connectivity index (χ3n) is 4.80. The second-order valence-corrected chi connectivity index (χ2v) is 6.96. The highest BCUT2D eigenvalue weighted by Gasteiger charge is 2.17. The molecule has 4 rings (SSSR count). The fraction of sp³-hybridized carbons (Fsp3) is 0.120. The zero-order chi connectivity index (χ0) is 20.9. The van der Waals surface area contributed by atoms with E-state index in [4.69, 9.17) is 9.47 Å². The van der Waals surface area contributed by atoms with Crippen LogP contribution in [0, 0.1) is 6.92 Å². The normalized spacial score (nSPS) is 10.6. The Morgan fingerprint density at radius 2 is 1.70 bits per heavy atom. The molecule has 0 aliphatic heterocycles. The molecule has 0 aliphatic rings. The van der Waals surface area contributed by atoms with Gasteiger partial charge in [-0.05, 0) is 59.7 Å². The largest absolute Gasteiger partial charge is 0.495 e. The van der Waals surface area contributed by atoms with Gasteiger partial charge in [0.05, 0.1) is 24.1 Å². The van der Waals surface area contributed by atoms with E-state index in [1.54, 1.807) is 13.3 Å². The van der Waals surface area contributed by atoms with Gasteiger partial charge in [0, 0.05) is 6.20 Å². The molecule has 0 aliphatic carbocycles. The quantitative estimate of drug-likeness (QED) is 0.473. The first-order chi connectivity index (χ1) is 14.6. The van der Waals surface area contributed by atoms with Gasteiger partial charge in [-0.3, -0.25) is 9.78 Å². The average Bonchev–Trinajstić information content (AvgIpc) is 2.78. The molecule has 0 fully saturated rings. The Morgan fingerprint density at radius 3 is 2.43 bits per heavy atom. The zero-order valence-corrected chi connectivity index (χ0v) is 16.9. The number of methoxy groups -OCH3 is 1. The number of anilines is 1. The molecule has 0 saturated carbocycles. The summed E-state index contributed by atoms with van der Waals surface area (Å²) < 4.78 is 11.4. The predicted octanol–water partition coefficient (Wildman–Crippen LogP) is 5.38. The van der Waals surface area contributed by atoms with Gasteiger partial charge in [0.25, 0.3) is 5.91 Å². The maximum atomic E-state index is 13.2. The third-order valence-corrected chi connectivity index (χ3v) is 4.80. The van der Waals surface area contributed by atoms with Crippen molar-refractivity contribution >= 4 is 22.4 Å². The third kappa shape index (κ3) is 4.25. The summed E-state index contributed by atoms with van der Waals surface area (Å²) in [5.41, 5.74) is 2.88. The number of pyridine rings is 1. The van der Waals surface area contributed by atoms with Crippen LogP contribution in [0.5, 0.6) is 11.5 Å². The molecule has 30 heavy (non-hydrogen) atoms. The molecule has 0 radical (unpaired) electrons. The molecule has 0 atom stereocenters. The smallest absolute Gasteiger partial charge is 0.259 e. The Labute approximate surface area is 175 Å². The summed E-state index contributed by atoms with van der Waals surface area (Å²) in [5, 5.41) is 4.92. The van der Waals surface area contributed by atoms with Gasteiger partial charge in [-0.1, -0.05) is 36.4 Å². The van der Waals surface area contributed by atoms with Crippen molar-refractivity contribution in [2.75, 3.05) is 12.4 Å². The van der Waals surface area contributed by atoms with Crippen LogP contribution in [0.1, 0.15) is 21.6 Å². The number of ether oxygens (including phenoxy) is 2. The molecule has 1 aromatic heterocycles. The van der Waals surface area contributed by atoms with E-state index in [2.05, 4.69) is 10.3 Å². The van der Waals surface area contributed by atoms with Crippen molar-refractivity contribution < 1.29 is 14.3 Å². The number of hydrogen-bond acceptors (Lipinski definition) is 4. The predicted molar refractivity (Wildman–Crippen MR) is 118 cm³/mol. The van der Waals surface area contributed by atoms with E-state index in [1.807, 2.05) is 79.7 Å². The summed E-state index contributed by atoms with van der Waals surface area (Å²) in [7, 11) is 1.58. The summed E-state index contributed by atoms with van der Waals surface area (Å²) in [6.45, 7) is 2.24. The van der Waals surface area contributed by atoms with E-state index >= 15 is 0 Å². The number of nitrogens with zero attached hydrogens (tertiary/aromatic N) is 1. The number of hydrogen-bond donors (Lipinski definition) is 1. The summed E-state index contributed by atoms with van der Waals surface area (Å²) >= 11 is 0. The van der Waals surface area contributed by atoms with Crippen LogP contribution in [0.15, 0.2) is 79.0 Å². The lowest BCUT2D eigenvalue weighted by Gasteiger charge is -2.15. The molecule has 0 unspecified atom stereocenters. The van der Waals surface area contributed by atoms with Gasteiger partial charge in [-0.15, -0.1) is 0 Å². The van der Waals surface area contributed by atoms with Gasteiger partial charge >= 0.3 is 0 Å². The highest BCUT2D eigenvalue weighted by Crippen LogP contribution is 2.30. The molecular weight excluding hydrogens is 376 g/mol. The number of amides is 1. The molecular formula is C25H22N2O3.